The lowest BCUT2D eigenvalue weighted by molar-refractivity contribution is -0.120. The van der Waals surface area contributed by atoms with E-state index in [1.54, 1.807) is 0 Å². The van der Waals surface area contributed by atoms with Gasteiger partial charge in [-0.3, -0.25) is 4.79 Å². The SMILES string of the molecule is C[C@@H]1[C@H](C)CCC[C@H]1NC(=S)NC(=O)C1CC1. The molecule has 0 spiro atoms. The second-order valence-corrected chi connectivity index (χ2v) is 6.02. The van der Waals surface area contributed by atoms with Crippen LogP contribution >= 0.6 is 12.2 Å². The van der Waals surface area contributed by atoms with Gasteiger partial charge < -0.3 is 10.6 Å². The average molecular weight is 254 g/mol. The summed E-state index contributed by atoms with van der Waals surface area (Å²) in [5.41, 5.74) is 0. The van der Waals surface area contributed by atoms with Crippen molar-refractivity contribution in [3.63, 3.8) is 0 Å². The van der Waals surface area contributed by atoms with Crippen molar-refractivity contribution in [3.05, 3.63) is 0 Å². The molecular formula is C13H22N2OS. The van der Waals surface area contributed by atoms with Gasteiger partial charge in [-0.2, -0.15) is 0 Å². The van der Waals surface area contributed by atoms with Crippen LogP contribution in [0.2, 0.25) is 0 Å². The number of amides is 1. The van der Waals surface area contributed by atoms with Gasteiger partial charge in [0.05, 0.1) is 0 Å². The average Bonchev–Trinajstić information content (AvgIpc) is 3.08. The van der Waals surface area contributed by atoms with Crippen molar-refractivity contribution in [2.45, 2.75) is 52.0 Å². The van der Waals surface area contributed by atoms with Crippen molar-refractivity contribution >= 4 is 23.2 Å². The molecule has 2 aliphatic rings. The van der Waals surface area contributed by atoms with E-state index in [0.717, 1.165) is 25.2 Å². The topological polar surface area (TPSA) is 41.1 Å². The van der Waals surface area contributed by atoms with Crippen LogP contribution in [0.25, 0.3) is 0 Å². The van der Waals surface area contributed by atoms with Gasteiger partial charge in [-0.05, 0) is 43.3 Å². The molecule has 3 atom stereocenters. The highest BCUT2D eigenvalue weighted by Gasteiger charge is 2.31. The van der Waals surface area contributed by atoms with Gasteiger partial charge >= 0.3 is 0 Å². The van der Waals surface area contributed by atoms with Crippen LogP contribution in [0.3, 0.4) is 0 Å². The molecule has 0 aromatic heterocycles. The molecule has 2 fully saturated rings. The Hall–Kier alpha value is -0.640. The minimum absolute atomic E-state index is 0.0963. The minimum atomic E-state index is 0.0963. The first-order valence-corrected chi connectivity index (χ1v) is 7.10. The fourth-order valence-electron chi connectivity index (χ4n) is 2.55. The van der Waals surface area contributed by atoms with E-state index in [9.17, 15) is 4.79 Å². The molecule has 0 aliphatic heterocycles. The maximum Gasteiger partial charge on any atom is 0.229 e. The highest BCUT2D eigenvalue weighted by molar-refractivity contribution is 7.80. The van der Waals surface area contributed by atoms with E-state index in [2.05, 4.69) is 24.5 Å². The van der Waals surface area contributed by atoms with E-state index >= 15 is 0 Å². The van der Waals surface area contributed by atoms with Crippen LogP contribution in [-0.2, 0) is 4.79 Å². The Labute approximate surface area is 109 Å². The molecule has 96 valence electrons. The molecule has 0 heterocycles. The molecule has 4 heteroatoms. The largest absolute Gasteiger partial charge is 0.359 e. The molecule has 2 saturated carbocycles. The summed E-state index contributed by atoms with van der Waals surface area (Å²) in [5, 5.41) is 6.64. The molecular weight excluding hydrogens is 232 g/mol. The van der Waals surface area contributed by atoms with Crippen molar-refractivity contribution < 1.29 is 4.79 Å². The van der Waals surface area contributed by atoms with Gasteiger partial charge in [0.15, 0.2) is 5.11 Å². The zero-order valence-electron chi connectivity index (χ0n) is 10.7. The number of carbonyl (C=O) groups excluding carboxylic acids is 1. The van der Waals surface area contributed by atoms with Crippen LogP contribution in [0.1, 0.15) is 46.0 Å². The van der Waals surface area contributed by atoms with Crippen LogP contribution in [0.15, 0.2) is 0 Å². The lowest BCUT2D eigenvalue weighted by Crippen LogP contribution is -2.49. The summed E-state index contributed by atoms with van der Waals surface area (Å²) in [7, 11) is 0. The Morgan fingerprint density at radius 3 is 2.53 bits per heavy atom. The highest BCUT2D eigenvalue weighted by atomic mass is 32.1. The molecule has 0 aromatic carbocycles. The van der Waals surface area contributed by atoms with Crippen molar-refractivity contribution in [1.82, 2.24) is 10.6 Å². The first-order valence-electron chi connectivity index (χ1n) is 6.69. The number of carbonyl (C=O) groups is 1. The summed E-state index contributed by atoms with van der Waals surface area (Å²) in [5.74, 6) is 1.68. The molecule has 3 nitrogen and oxygen atoms in total. The molecule has 2 rings (SSSR count). The zero-order chi connectivity index (χ0) is 12.4. The highest BCUT2D eigenvalue weighted by Crippen LogP contribution is 2.30. The summed E-state index contributed by atoms with van der Waals surface area (Å²) in [6, 6.07) is 0.422. The van der Waals surface area contributed by atoms with Crippen molar-refractivity contribution in [1.29, 1.82) is 0 Å². The van der Waals surface area contributed by atoms with Crippen LogP contribution in [0.5, 0.6) is 0 Å². The van der Waals surface area contributed by atoms with Crippen LogP contribution in [0, 0.1) is 17.8 Å². The summed E-state index contributed by atoms with van der Waals surface area (Å²) in [6.07, 6.45) is 5.75. The van der Waals surface area contributed by atoms with Crippen LogP contribution in [0.4, 0.5) is 0 Å². The van der Waals surface area contributed by atoms with Crippen molar-refractivity contribution in [2.24, 2.45) is 17.8 Å². The predicted octanol–water partition coefficient (Wildman–Crippen LogP) is 2.21. The van der Waals surface area contributed by atoms with Crippen molar-refractivity contribution in [3.8, 4) is 0 Å². The fraction of sp³-hybridized carbons (Fsp3) is 0.846. The van der Waals surface area contributed by atoms with Gasteiger partial charge in [0, 0.05) is 12.0 Å². The second-order valence-electron chi connectivity index (χ2n) is 5.61. The van der Waals surface area contributed by atoms with Crippen LogP contribution in [-0.4, -0.2) is 17.1 Å². The second kappa shape index (κ2) is 5.34. The number of rotatable bonds is 2. The van der Waals surface area contributed by atoms with Gasteiger partial charge in [0.2, 0.25) is 5.91 Å². The Morgan fingerprint density at radius 1 is 1.18 bits per heavy atom. The standard InChI is InChI=1S/C13H22N2OS/c1-8-4-3-5-11(9(8)2)14-13(17)15-12(16)10-6-7-10/h8-11H,3-7H2,1-2H3,(H2,14,15,16,17)/t8-,9-,11-/m1/s1. The molecule has 0 radical (unpaired) electrons. The molecule has 2 aliphatic carbocycles. The van der Waals surface area contributed by atoms with E-state index in [4.69, 9.17) is 12.2 Å². The molecule has 0 unspecified atom stereocenters. The lowest BCUT2D eigenvalue weighted by Gasteiger charge is -2.35. The van der Waals surface area contributed by atoms with E-state index in [0.29, 0.717) is 17.1 Å². The summed E-state index contributed by atoms with van der Waals surface area (Å²) in [6.45, 7) is 4.57. The monoisotopic (exact) mass is 254 g/mol. The minimum Gasteiger partial charge on any atom is -0.359 e. The maximum absolute atomic E-state index is 11.6. The van der Waals surface area contributed by atoms with Gasteiger partial charge in [0.25, 0.3) is 0 Å². The maximum atomic E-state index is 11.6. The number of thiocarbonyl (C=S) groups is 1. The third-order valence-electron chi connectivity index (χ3n) is 4.21. The van der Waals surface area contributed by atoms with Gasteiger partial charge in [-0.1, -0.05) is 26.7 Å². The Kier molecular flexibility index (Phi) is 4.02. The molecule has 2 N–H and O–H groups in total. The van der Waals surface area contributed by atoms with Gasteiger partial charge in [0.1, 0.15) is 0 Å². The normalized spacial score (nSPS) is 32.9. The zero-order valence-corrected chi connectivity index (χ0v) is 11.5. The van der Waals surface area contributed by atoms with E-state index in [-0.39, 0.29) is 11.8 Å². The number of hydrogen-bond donors (Lipinski definition) is 2. The third-order valence-corrected chi connectivity index (χ3v) is 4.43. The lowest BCUT2D eigenvalue weighted by atomic mass is 9.78. The molecule has 0 bridgehead atoms. The van der Waals surface area contributed by atoms with E-state index in [1.165, 1.54) is 12.8 Å². The Bertz CT molecular complexity index is 315. The van der Waals surface area contributed by atoms with Crippen molar-refractivity contribution in [2.75, 3.05) is 0 Å². The van der Waals surface area contributed by atoms with Crippen LogP contribution < -0.4 is 10.6 Å². The van der Waals surface area contributed by atoms with Gasteiger partial charge in [-0.15, -0.1) is 0 Å². The first-order chi connectivity index (χ1) is 8.08. The summed E-state index contributed by atoms with van der Waals surface area (Å²) in [4.78, 5) is 11.6. The molecule has 17 heavy (non-hydrogen) atoms. The first kappa shape index (κ1) is 12.8. The molecule has 0 aromatic rings. The molecule has 1 amide bonds. The smallest absolute Gasteiger partial charge is 0.229 e. The third kappa shape index (κ3) is 3.41. The molecule has 0 saturated heterocycles. The fourth-order valence-corrected chi connectivity index (χ4v) is 2.80. The number of nitrogens with one attached hydrogen (secondary N) is 2. The number of hydrogen-bond acceptors (Lipinski definition) is 2. The Balaban J connectivity index is 1.78. The summed E-state index contributed by atoms with van der Waals surface area (Å²) >= 11 is 5.21. The predicted molar refractivity (Wildman–Crippen MR) is 72.6 cm³/mol. The van der Waals surface area contributed by atoms with Gasteiger partial charge in [-0.25, -0.2) is 0 Å². The quantitative estimate of drug-likeness (QED) is 0.742. The van der Waals surface area contributed by atoms with E-state index in [1.807, 2.05) is 0 Å². The Morgan fingerprint density at radius 2 is 1.88 bits per heavy atom. The summed E-state index contributed by atoms with van der Waals surface area (Å²) < 4.78 is 0. The van der Waals surface area contributed by atoms with E-state index < -0.39 is 0 Å².